The Morgan fingerprint density at radius 3 is 1.59 bits per heavy atom. The molecule has 0 heterocycles. The molecule has 1 nitrogen and oxygen atoms in total. The minimum Gasteiger partial charge on any atom is -0.304 e. The predicted octanol–water partition coefficient (Wildman–Crippen LogP) is 4.67. The van der Waals surface area contributed by atoms with Crippen LogP contribution in [-0.2, 0) is 0 Å². The fraction of sp³-hybridized carbons (Fsp3) is 1.00. The summed E-state index contributed by atoms with van der Waals surface area (Å²) in [6.45, 7) is 19.1. The standard InChI is InChI=1S/C16H35N/c1-12(2)16(7,8)14(4)13(3)11-15(5,6)17(9)10/h12-14H,11H2,1-10H3. The normalized spacial score (nSPS) is 17.6. The highest BCUT2D eigenvalue weighted by molar-refractivity contribution is 4.87. The molecule has 0 N–H and O–H groups in total. The largest absolute Gasteiger partial charge is 0.304 e. The molecule has 104 valence electrons. The zero-order valence-corrected chi connectivity index (χ0v) is 13.9. The third kappa shape index (κ3) is 4.28. The fourth-order valence-corrected chi connectivity index (χ4v) is 2.41. The smallest absolute Gasteiger partial charge is 0.0149 e. The van der Waals surface area contributed by atoms with Crippen molar-refractivity contribution < 1.29 is 0 Å². The molecule has 0 saturated carbocycles. The molecule has 0 amide bonds. The van der Waals surface area contributed by atoms with Gasteiger partial charge in [0.05, 0.1) is 0 Å². The number of nitrogens with zero attached hydrogens (tertiary/aromatic N) is 1. The van der Waals surface area contributed by atoms with Crippen molar-refractivity contribution in [2.24, 2.45) is 23.2 Å². The summed E-state index contributed by atoms with van der Waals surface area (Å²) in [6.07, 6.45) is 1.26. The number of rotatable bonds is 6. The Labute approximate surface area is 110 Å². The molecule has 2 atom stereocenters. The SMILES string of the molecule is CC(CC(C)(C)N(C)C)C(C)C(C)(C)C(C)C. The Morgan fingerprint density at radius 2 is 1.29 bits per heavy atom. The van der Waals surface area contributed by atoms with Gasteiger partial charge in [-0.25, -0.2) is 0 Å². The fourth-order valence-electron chi connectivity index (χ4n) is 2.41. The highest BCUT2D eigenvalue weighted by Crippen LogP contribution is 2.41. The molecule has 0 aromatic rings. The maximum absolute atomic E-state index is 2.43. The highest BCUT2D eigenvalue weighted by Gasteiger charge is 2.35. The van der Waals surface area contributed by atoms with Crippen LogP contribution in [0.2, 0.25) is 0 Å². The van der Waals surface area contributed by atoms with E-state index in [1.54, 1.807) is 0 Å². The van der Waals surface area contributed by atoms with Gasteiger partial charge >= 0.3 is 0 Å². The van der Waals surface area contributed by atoms with E-state index in [1.165, 1.54) is 6.42 Å². The molecule has 0 aliphatic carbocycles. The summed E-state index contributed by atoms with van der Waals surface area (Å²) in [5.41, 5.74) is 0.711. The van der Waals surface area contributed by atoms with E-state index in [4.69, 9.17) is 0 Å². The molecule has 0 rings (SSSR count). The second-order valence-electron chi connectivity index (χ2n) is 7.65. The average Bonchev–Trinajstić information content (AvgIpc) is 2.15. The lowest BCUT2D eigenvalue weighted by Gasteiger charge is -2.43. The van der Waals surface area contributed by atoms with E-state index in [0.29, 0.717) is 11.0 Å². The van der Waals surface area contributed by atoms with Crippen LogP contribution in [0.5, 0.6) is 0 Å². The number of hydrogen-bond acceptors (Lipinski definition) is 1. The lowest BCUT2D eigenvalue weighted by molar-refractivity contribution is 0.0673. The van der Waals surface area contributed by atoms with Crippen LogP contribution in [0.4, 0.5) is 0 Å². The van der Waals surface area contributed by atoms with E-state index < -0.39 is 0 Å². The first kappa shape index (κ1) is 17.0. The van der Waals surface area contributed by atoms with E-state index in [9.17, 15) is 0 Å². The first-order valence-corrected chi connectivity index (χ1v) is 7.10. The van der Waals surface area contributed by atoms with Gasteiger partial charge in [-0.1, -0.05) is 41.5 Å². The van der Waals surface area contributed by atoms with Gasteiger partial charge in [0.15, 0.2) is 0 Å². The summed E-state index contributed by atoms with van der Waals surface area (Å²) in [5, 5.41) is 0. The summed E-state index contributed by atoms with van der Waals surface area (Å²) < 4.78 is 0. The Hall–Kier alpha value is -0.0400. The Morgan fingerprint density at radius 1 is 0.882 bits per heavy atom. The molecule has 0 aliphatic heterocycles. The quantitative estimate of drug-likeness (QED) is 0.653. The van der Waals surface area contributed by atoms with Crippen LogP contribution < -0.4 is 0 Å². The van der Waals surface area contributed by atoms with Crippen LogP contribution >= 0.6 is 0 Å². The van der Waals surface area contributed by atoms with Gasteiger partial charge in [-0.15, -0.1) is 0 Å². The Kier molecular flexibility index (Phi) is 5.72. The summed E-state index contributed by atoms with van der Waals surface area (Å²) in [4.78, 5) is 2.35. The van der Waals surface area contributed by atoms with E-state index >= 15 is 0 Å². The highest BCUT2D eigenvalue weighted by atomic mass is 15.1. The molecule has 0 radical (unpaired) electrons. The first-order valence-electron chi connectivity index (χ1n) is 7.10. The van der Waals surface area contributed by atoms with Crippen LogP contribution in [0.3, 0.4) is 0 Å². The van der Waals surface area contributed by atoms with Crippen molar-refractivity contribution in [3.05, 3.63) is 0 Å². The van der Waals surface area contributed by atoms with Gasteiger partial charge < -0.3 is 4.90 Å². The third-order valence-corrected chi connectivity index (χ3v) is 5.55. The zero-order valence-electron chi connectivity index (χ0n) is 13.9. The van der Waals surface area contributed by atoms with Crippen LogP contribution in [0.25, 0.3) is 0 Å². The molecule has 1 heteroatoms. The molecule has 0 spiro atoms. The van der Waals surface area contributed by atoms with Crippen LogP contribution in [0.15, 0.2) is 0 Å². The second-order valence-corrected chi connectivity index (χ2v) is 7.65. The maximum atomic E-state index is 2.43. The molecule has 0 bridgehead atoms. The second kappa shape index (κ2) is 5.73. The summed E-state index contributed by atoms with van der Waals surface area (Å²) >= 11 is 0. The zero-order chi connectivity index (χ0) is 14.0. The first-order chi connectivity index (χ1) is 7.43. The third-order valence-electron chi connectivity index (χ3n) is 5.55. The van der Waals surface area contributed by atoms with Crippen molar-refractivity contribution in [1.82, 2.24) is 4.90 Å². The van der Waals surface area contributed by atoms with Crippen molar-refractivity contribution >= 4 is 0 Å². The summed E-state index contributed by atoms with van der Waals surface area (Å²) in [7, 11) is 4.37. The lowest BCUT2D eigenvalue weighted by atomic mass is 9.65. The van der Waals surface area contributed by atoms with Crippen molar-refractivity contribution in [2.45, 2.75) is 67.3 Å². The van der Waals surface area contributed by atoms with Crippen LogP contribution in [0, 0.1) is 23.2 Å². The monoisotopic (exact) mass is 241 g/mol. The Bertz CT molecular complexity index is 226. The molecule has 0 aromatic carbocycles. The van der Waals surface area contributed by atoms with Gasteiger partial charge in [0.2, 0.25) is 0 Å². The molecule has 0 saturated heterocycles. The summed E-state index contributed by atoms with van der Waals surface area (Å²) in [5.74, 6) is 2.24. The van der Waals surface area contributed by atoms with Crippen molar-refractivity contribution in [1.29, 1.82) is 0 Å². The minimum atomic E-state index is 0.292. The maximum Gasteiger partial charge on any atom is 0.0149 e. The van der Waals surface area contributed by atoms with Gasteiger partial charge in [-0.2, -0.15) is 0 Å². The van der Waals surface area contributed by atoms with Gasteiger partial charge in [0.25, 0.3) is 0 Å². The van der Waals surface area contributed by atoms with Gasteiger partial charge in [-0.05, 0) is 57.5 Å². The molecule has 0 aliphatic rings. The molecular weight excluding hydrogens is 206 g/mol. The lowest BCUT2D eigenvalue weighted by Crippen LogP contribution is -2.42. The van der Waals surface area contributed by atoms with Gasteiger partial charge in [0, 0.05) is 5.54 Å². The van der Waals surface area contributed by atoms with Gasteiger partial charge in [-0.3, -0.25) is 0 Å². The predicted molar refractivity (Wildman–Crippen MR) is 79.3 cm³/mol. The van der Waals surface area contributed by atoms with Gasteiger partial charge in [0.1, 0.15) is 0 Å². The van der Waals surface area contributed by atoms with E-state index in [-0.39, 0.29) is 0 Å². The molecule has 17 heavy (non-hydrogen) atoms. The molecule has 2 unspecified atom stereocenters. The minimum absolute atomic E-state index is 0.292. The average molecular weight is 241 g/mol. The number of hydrogen-bond donors (Lipinski definition) is 0. The van der Waals surface area contributed by atoms with Crippen LogP contribution in [-0.4, -0.2) is 24.5 Å². The van der Waals surface area contributed by atoms with Crippen LogP contribution in [0.1, 0.15) is 61.8 Å². The van der Waals surface area contributed by atoms with Crippen molar-refractivity contribution in [2.75, 3.05) is 14.1 Å². The van der Waals surface area contributed by atoms with E-state index in [0.717, 1.165) is 17.8 Å². The molecule has 0 aromatic heterocycles. The summed E-state index contributed by atoms with van der Waals surface area (Å²) in [6, 6.07) is 0. The Balaban J connectivity index is 4.68. The van der Waals surface area contributed by atoms with Crippen molar-refractivity contribution in [3.63, 3.8) is 0 Å². The van der Waals surface area contributed by atoms with E-state index in [2.05, 4.69) is 74.4 Å². The van der Waals surface area contributed by atoms with Crippen molar-refractivity contribution in [3.8, 4) is 0 Å². The topological polar surface area (TPSA) is 3.24 Å². The molecule has 0 fully saturated rings. The molecular formula is C16H35N. The van der Waals surface area contributed by atoms with E-state index in [1.807, 2.05) is 0 Å².